The highest BCUT2D eigenvalue weighted by Crippen LogP contribution is 2.45. The number of carbonyl (C=O) groups excluding carboxylic acids is 4. The van der Waals surface area contributed by atoms with Gasteiger partial charge in [0.05, 0.1) is 26.4 Å². The summed E-state index contributed by atoms with van der Waals surface area (Å²) in [5.41, 5.74) is 0. The molecule has 0 amide bonds. The van der Waals surface area contributed by atoms with Gasteiger partial charge in [-0.15, -0.1) is 0 Å². The Bertz CT molecular complexity index is 2090. The van der Waals surface area contributed by atoms with Crippen LogP contribution in [-0.4, -0.2) is 96.7 Å². The molecule has 3 N–H and O–H groups in total. The van der Waals surface area contributed by atoms with E-state index in [-0.39, 0.29) is 25.7 Å². The Labute approximate surface area is 637 Å². The molecule has 0 aromatic rings. The van der Waals surface area contributed by atoms with Gasteiger partial charge in [0.2, 0.25) is 0 Å². The second-order valence-corrected chi connectivity index (χ2v) is 33.7. The first kappa shape index (κ1) is 102. The van der Waals surface area contributed by atoms with Crippen LogP contribution in [-0.2, 0) is 65.4 Å². The lowest BCUT2D eigenvalue weighted by Crippen LogP contribution is -2.30. The smallest absolute Gasteiger partial charge is 0.462 e. The topological polar surface area (TPSA) is 237 Å². The predicted molar refractivity (Wildman–Crippen MR) is 427 cm³/mol. The normalized spacial score (nSPS) is 14.0. The standard InChI is InChI=1S/C85H162O17P2/c1-7-9-11-13-15-17-19-21-23-24-25-26-27-33-37-41-45-51-58-64-70-84(89)101-80(73-95-82(87)67-61-55-49-43-39-35-32-29-28-31-34-38-42-47-53-59-65-77(3)4)75-99-103(91,92)97-71-79(86)72-98-104(93,94)100-76-81(74-96-83(88)68-62-56-52-46-48-54-60-66-78(5)6)102-85(90)69-63-57-50-44-40-36-30-22-20-18-16-14-12-10-8-2/h18,20,22,30,77-81,86H,7-17,19,21,23-29,31-76H2,1-6H3,(H,91,92)(H,93,94)/b20-18-,30-22-/t79-,80-,81-/m1/s1. The van der Waals surface area contributed by atoms with Crippen LogP contribution in [0.5, 0.6) is 0 Å². The fourth-order valence-electron chi connectivity index (χ4n) is 12.7. The van der Waals surface area contributed by atoms with Crippen molar-refractivity contribution in [3.05, 3.63) is 24.3 Å². The van der Waals surface area contributed by atoms with Crippen LogP contribution in [0.25, 0.3) is 0 Å². The third-order valence-corrected chi connectivity index (χ3v) is 21.2. The highest BCUT2D eigenvalue weighted by molar-refractivity contribution is 7.47. The van der Waals surface area contributed by atoms with E-state index in [2.05, 4.69) is 65.8 Å². The van der Waals surface area contributed by atoms with Crippen LogP contribution in [0.15, 0.2) is 24.3 Å². The predicted octanol–water partition coefficient (Wildman–Crippen LogP) is 25.4. The highest BCUT2D eigenvalue weighted by atomic mass is 31.2. The first-order valence-corrected chi connectivity index (χ1v) is 46.3. The van der Waals surface area contributed by atoms with Gasteiger partial charge >= 0.3 is 39.5 Å². The molecule has 0 saturated carbocycles. The van der Waals surface area contributed by atoms with E-state index < -0.39 is 97.5 Å². The van der Waals surface area contributed by atoms with Crippen molar-refractivity contribution in [3.63, 3.8) is 0 Å². The minimum absolute atomic E-state index is 0.0845. The summed E-state index contributed by atoms with van der Waals surface area (Å²) >= 11 is 0. The molecule has 0 radical (unpaired) electrons. The van der Waals surface area contributed by atoms with Gasteiger partial charge in [-0.3, -0.25) is 37.3 Å². The molecule has 0 aliphatic carbocycles. The molecule has 0 aromatic heterocycles. The zero-order chi connectivity index (χ0) is 76.4. The van der Waals surface area contributed by atoms with Crippen molar-refractivity contribution in [3.8, 4) is 0 Å². The molecule has 17 nitrogen and oxygen atoms in total. The Morgan fingerprint density at radius 3 is 0.788 bits per heavy atom. The van der Waals surface area contributed by atoms with E-state index in [4.69, 9.17) is 37.0 Å². The molecule has 0 aliphatic heterocycles. The number of hydrogen-bond donors (Lipinski definition) is 3. The van der Waals surface area contributed by atoms with Gasteiger partial charge in [-0.05, 0) is 63.2 Å². The fraction of sp³-hybridized carbons (Fsp3) is 0.906. The van der Waals surface area contributed by atoms with E-state index in [9.17, 15) is 43.2 Å². The SMILES string of the molecule is CCCCCC/C=C\C=C/CCCCCCCC(=O)O[C@H](COC(=O)CCCCCCCCCC(C)C)COP(=O)(O)OC[C@H](O)COP(=O)(O)OC[C@@H](COC(=O)CCCCCCCCCCCCCCCCCCC(C)C)OC(=O)CCCCCCCCCCCCCCCCCCCCCC. The monoisotopic (exact) mass is 1520 g/mol. The average Bonchev–Trinajstić information content (AvgIpc) is 1.16. The van der Waals surface area contributed by atoms with Gasteiger partial charge in [0.25, 0.3) is 0 Å². The van der Waals surface area contributed by atoms with Gasteiger partial charge in [0, 0.05) is 25.7 Å². The second-order valence-electron chi connectivity index (χ2n) is 30.8. The van der Waals surface area contributed by atoms with Gasteiger partial charge < -0.3 is 33.8 Å². The summed E-state index contributed by atoms with van der Waals surface area (Å²) in [5, 5.41) is 10.7. The van der Waals surface area contributed by atoms with Crippen molar-refractivity contribution in [1.82, 2.24) is 0 Å². The van der Waals surface area contributed by atoms with Crippen LogP contribution < -0.4 is 0 Å². The maximum absolute atomic E-state index is 13.1. The first-order chi connectivity index (χ1) is 50.4. The molecule has 0 spiro atoms. The van der Waals surface area contributed by atoms with E-state index in [1.165, 1.54) is 225 Å². The third-order valence-electron chi connectivity index (χ3n) is 19.3. The van der Waals surface area contributed by atoms with Crippen LogP contribution in [0.2, 0.25) is 0 Å². The lowest BCUT2D eigenvalue weighted by atomic mass is 10.0. The summed E-state index contributed by atoms with van der Waals surface area (Å²) in [6.45, 7) is 9.56. The van der Waals surface area contributed by atoms with Crippen molar-refractivity contribution in [2.45, 2.75) is 445 Å². The maximum atomic E-state index is 13.1. The molecule has 5 atom stereocenters. The third kappa shape index (κ3) is 77.7. The van der Waals surface area contributed by atoms with Gasteiger partial charge in [-0.25, -0.2) is 9.13 Å². The summed E-state index contributed by atoms with van der Waals surface area (Å²) in [6, 6.07) is 0. The molecular weight excluding hydrogens is 1350 g/mol. The molecule has 0 bridgehead atoms. The van der Waals surface area contributed by atoms with Crippen molar-refractivity contribution in [2.24, 2.45) is 11.8 Å². The van der Waals surface area contributed by atoms with Crippen molar-refractivity contribution >= 4 is 39.5 Å². The Kier molecular flexibility index (Phi) is 74.1. The second kappa shape index (κ2) is 75.9. The Morgan fingerprint density at radius 1 is 0.298 bits per heavy atom. The number of aliphatic hydroxyl groups excluding tert-OH is 1. The molecule has 0 aliphatic rings. The van der Waals surface area contributed by atoms with E-state index in [1.54, 1.807) is 0 Å². The number of esters is 4. The molecule has 19 heteroatoms. The van der Waals surface area contributed by atoms with Gasteiger partial charge in [-0.2, -0.15) is 0 Å². The number of hydrogen-bond acceptors (Lipinski definition) is 15. The highest BCUT2D eigenvalue weighted by Gasteiger charge is 2.30. The van der Waals surface area contributed by atoms with Crippen molar-refractivity contribution in [1.29, 1.82) is 0 Å². The number of carbonyl (C=O) groups is 4. The minimum atomic E-state index is -4.97. The number of rotatable bonds is 82. The summed E-state index contributed by atoms with van der Waals surface area (Å²) in [7, 11) is -9.94. The lowest BCUT2D eigenvalue weighted by molar-refractivity contribution is -0.161. The van der Waals surface area contributed by atoms with Crippen LogP contribution in [0, 0.1) is 11.8 Å². The number of unbranched alkanes of at least 4 members (excludes halogenated alkanes) is 49. The molecule has 0 rings (SSSR count). The molecule has 104 heavy (non-hydrogen) atoms. The lowest BCUT2D eigenvalue weighted by Gasteiger charge is -2.21. The van der Waals surface area contributed by atoms with Crippen molar-refractivity contribution in [2.75, 3.05) is 39.6 Å². The zero-order valence-electron chi connectivity index (χ0n) is 67.8. The summed E-state index contributed by atoms with van der Waals surface area (Å²) in [5.74, 6) is -0.623. The molecular formula is C85H162O17P2. The van der Waals surface area contributed by atoms with Gasteiger partial charge in [0.15, 0.2) is 12.2 Å². The molecule has 0 fully saturated rings. The minimum Gasteiger partial charge on any atom is -0.462 e. The molecule has 0 saturated heterocycles. The quantitative estimate of drug-likeness (QED) is 0.0169. The van der Waals surface area contributed by atoms with E-state index in [0.717, 1.165) is 115 Å². The molecule has 0 aromatic carbocycles. The number of ether oxygens (including phenoxy) is 4. The molecule has 614 valence electrons. The van der Waals surface area contributed by atoms with E-state index >= 15 is 0 Å². The van der Waals surface area contributed by atoms with Crippen LogP contribution in [0.4, 0.5) is 0 Å². The average molecular weight is 1520 g/mol. The fourth-order valence-corrected chi connectivity index (χ4v) is 14.3. The Morgan fingerprint density at radius 2 is 0.519 bits per heavy atom. The number of aliphatic hydroxyl groups is 1. The largest absolute Gasteiger partial charge is 0.472 e. The Hall–Kier alpha value is -2.46. The van der Waals surface area contributed by atoms with E-state index in [0.29, 0.717) is 31.6 Å². The number of phosphoric ester groups is 2. The summed E-state index contributed by atoms with van der Waals surface area (Å²) in [4.78, 5) is 73.1. The summed E-state index contributed by atoms with van der Waals surface area (Å²) < 4.78 is 68.8. The summed E-state index contributed by atoms with van der Waals surface area (Å²) in [6.07, 6.45) is 70.4. The molecule has 2 unspecified atom stereocenters. The maximum Gasteiger partial charge on any atom is 0.472 e. The van der Waals surface area contributed by atoms with Crippen LogP contribution in [0.1, 0.15) is 427 Å². The molecule has 0 heterocycles. The first-order valence-electron chi connectivity index (χ1n) is 43.3. The van der Waals surface area contributed by atoms with Crippen LogP contribution >= 0.6 is 15.6 Å². The van der Waals surface area contributed by atoms with Crippen LogP contribution in [0.3, 0.4) is 0 Å². The van der Waals surface area contributed by atoms with Crippen molar-refractivity contribution < 1.29 is 80.2 Å². The number of allylic oxidation sites excluding steroid dienone is 4. The number of phosphoric acid groups is 2. The van der Waals surface area contributed by atoms with E-state index in [1.807, 2.05) is 0 Å². The zero-order valence-corrected chi connectivity index (χ0v) is 69.6. The Balaban J connectivity index is 5.26. The van der Waals surface area contributed by atoms with Gasteiger partial charge in [-0.1, -0.05) is 374 Å². The van der Waals surface area contributed by atoms with Gasteiger partial charge in [0.1, 0.15) is 19.3 Å².